The van der Waals surface area contributed by atoms with Gasteiger partial charge in [-0.2, -0.15) is 18.4 Å². The largest absolute Gasteiger partial charge is 0.456 e. The molecule has 0 radical (unpaired) electrons. The Bertz CT molecular complexity index is 723. The molecule has 0 aliphatic heterocycles. The molecular weight excluding hydrogens is 326 g/mol. The van der Waals surface area contributed by atoms with Crippen molar-refractivity contribution in [3.63, 3.8) is 0 Å². The summed E-state index contributed by atoms with van der Waals surface area (Å²) in [5, 5.41) is 9.41. The quantitative estimate of drug-likeness (QED) is 0.709. The van der Waals surface area contributed by atoms with Crippen molar-refractivity contribution in [1.29, 1.82) is 5.26 Å². The Labute approximate surface area is 128 Å². The minimum atomic E-state index is -4.52. The number of nitrogens with zero attached hydrogens (tertiary/aromatic N) is 1. The van der Waals surface area contributed by atoms with E-state index in [1.165, 1.54) is 18.2 Å². The maximum atomic E-state index is 12.7. The first-order chi connectivity index (χ1) is 9.81. The molecule has 0 bridgehead atoms. The third-order valence-corrected chi connectivity index (χ3v) is 3.29. The molecule has 0 atom stereocenters. The molecule has 0 saturated carbocycles. The molecule has 0 saturated heterocycles. The number of hydrogen-bond donors (Lipinski definition) is 0. The highest BCUT2D eigenvalue weighted by atomic mass is 35.5. The third kappa shape index (κ3) is 3.60. The fourth-order valence-corrected chi connectivity index (χ4v) is 1.83. The predicted molar refractivity (Wildman–Crippen MR) is 72.7 cm³/mol. The van der Waals surface area contributed by atoms with Gasteiger partial charge in [0.1, 0.15) is 17.6 Å². The van der Waals surface area contributed by atoms with Gasteiger partial charge in [-0.1, -0.05) is 23.2 Å². The van der Waals surface area contributed by atoms with Crippen molar-refractivity contribution < 1.29 is 17.9 Å². The van der Waals surface area contributed by atoms with E-state index < -0.39 is 11.7 Å². The Morgan fingerprint density at radius 2 is 1.71 bits per heavy atom. The molecule has 2 nitrogen and oxygen atoms in total. The first kappa shape index (κ1) is 15.5. The normalized spacial score (nSPS) is 11.0. The van der Waals surface area contributed by atoms with Crippen molar-refractivity contribution in [2.24, 2.45) is 0 Å². The summed E-state index contributed by atoms with van der Waals surface area (Å²) in [7, 11) is 0. The third-order valence-electron chi connectivity index (χ3n) is 2.55. The Morgan fingerprint density at radius 1 is 1.00 bits per heavy atom. The van der Waals surface area contributed by atoms with E-state index in [0.717, 1.165) is 18.2 Å². The van der Waals surface area contributed by atoms with Crippen LogP contribution in [0.1, 0.15) is 11.1 Å². The van der Waals surface area contributed by atoms with Crippen LogP contribution in [-0.4, -0.2) is 0 Å². The lowest BCUT2D eigenvalue weighted by Crippen LogP contribution is -2.05. The molecule has 0 aliphatic carbocycles. The molecule has 0 aromatic heterocycles. The van der Waals surface area contributed by atoms with Crippen LogP contribution in [-0.2, 0) is 6.18 Å². The Balaban J connectivity index is 2.42. The first-order valence-corrected chi connectivity index (χ1v) is 6.31. The van der Waals surface area contributed by atoms with E-state index in [1.54, 1.807) is 6.07 Å². The fourth-order valence-electron chi connectivity index (χ4n) is 1.54. The maximum absolute atomic E-state index is 12.7. The van der Waals surface area contributed by atoms with Gasteiger partial charge in [0.15, 0.2) is 0 Å². The van der Waals surface area contributed by atoms with Crippen LogP contribution in [0.2, 0.25) is 10.0 Å². The molecule has 0 amide bonds. The van der Waals surface area contributed by atoms with Gasteiger partial charge in [0.2, 0.25) is 0 Å². The van der Waals surface area contributed by atoms with Crippen molar-refractivity contribution in [1.82, 2.24) is 0 Å². The summed E-state index contributed by atoms with van der Waals surface area (Å²) in [6.45, 7) is 0. The lowest BCUT2D eigenvalue weighted by molar-refractivity contribution is -0.137. The Hall–Kier alpha value is -1.90. The highest BCUT2D eigenvalue weighted by Gasteiger charge is 2.31. The molecule has 2 aromatic carbocycles. The van der Waals surface area contributed by atoms with Crippen LogP contribution in [0.4, 0.5) is 13.2 Å². The van der Waals surface area contributed by atoms with Gasteiger partial charge in [0.25, 0.3) is 0 Å². The summed E-state index contributed by atoms with van der Waals surface area (Å²) in [6, 6.07) is 8.64. The van der Waals surface area contributed by atoms with Gasteiger partial charge in [-0.05, 0) is 30.3 Å². The van der Waals surface area contributed by atoms with Crippen LogP contribution in [0.25, 0.3) is 0 Å². The van der Waals surface area contributed by atoms with E-state index >= 15 is 0 Å². The van der Waals surface area contributed by atoms with E-state index in [2.05, 4.69) is 0 Å². The molecule has 0 fully saturated rings. The Kier molecular flexibility index (Phi) is 4.31. The first-order valence-electron chi connectivity index (χ1n) is 5.55. The average molecular weight is 332 g/mol. The highest BCUT2D eigenvalue weighted by molar-refractivity contribution is 6.42. The smallest absolute Gasteiger partial charge is 0.416 e. The van der Waals surface area contributed by atoms with Crippen molar-refractivity contribution in [3.05, 3.63) is 57.6 Å². The lowest BCUT2D eigenvalue weighted by Gasteiger charge is -2.12. The zero-order chi connectivity index (χ0) is 15.6. The topological polar surface area (TPSA) is 33.0 Å². The van der Waals surface area contributed by atoms with Gasteiger partial charge in [-0.25, -0.2) is 0 Å². The van der Waals surface area contributed by atoms with Gasteiger partial charge >= 0.3 is 6.18 Å². The molecule has 0 N–H and O–H groups in total. The summed E-state index contributed by atoms with van der Waals surface area (Å²) in [5.41, 5.74) is -0.925. The molecule has 2 aromatic rings. The lowest BCUT2D eigenvalue weighted by atomic mass is 10.1. The standard InChI is InChI=1S/C14H6Cl2F3NO/c15-11-4-3-10(6-12(11)16)21-13-5-9(14(17,18)19)2-1-8(13)7-20/h1-6H. The second-order valence-corrected chi connectivity index (χ2v) is 4.81. The van der Waals surface area contributed by atoms with Gasteiger partial charge in [-0.3, -0.25) is 0 Å². The number of halogens is 5. The number of ether oxygens (including phenoxy) is 1. The van der Waals surface area contributed by atoms with Gasteiger partial charge in [-0.15, -0.1) is 0 Å². The second kappa shape index (κ2) is 5.84. The van der Waals surface area contributed by atoms with E-state index in [9.17, 15) is 13.2 Å². The van der Waals surface area contributed by atoms with Crippen LogP contribution in [0.15, 0.2) is 36.4 Å². The van der Waals surface area contributed by atoms with Gasteiger partial charge in [0.05, 0.1) is 21.2 Å². The zero-order valence-corrected chi connectivity index (χ0v) is 11.7. The summed E-state index contributed by atoms with van der Waals surface area (Å²) in [4.78, 5) is 0. The molecule has 0 spiro atoms. The fraction of sp³-hybridized carbons (Fsp3) is 0.0714. The van der Waals surface area contributed by atoms with E-state index in [0.29, 0.717) is 0 Å². The summed E-state index contributed by atoms with van der Waals surface area (Å²) in [6.07, 6.45) is -4.52. The maximum Gasteiger partial charge on any atom is 0.416 e. The molecule has 0 heterocycles. The molecule has 2 rings (SSSR count). The second-order valence-electron chi connectivity index (χ2n) is 4.00. The van der Waals surface area contributed by atoms with Crippen LogP contribution in [0.5, 0.6) is 11.5 Å². The molecule has 0 aliphatic rings. The van der Waals surface area contributed by atoms with E-state index in [1.807, 2.05) is 0 Å². The summed E-state index contributed by atoms with van der Waals surface area (Å²) in [5.74, 6) is -0.0223. The SMILES string of the molecule is N#Cc1ccc(C(F)(F)F)cc1Oc1ccc(Cl)c(Cl)c1. The average Bonchev–Trinajstić information content (AvgIpc) is 2.42. The highest BCUT2D eigenvalue weighted by Crippen LogP contribution is 2.35. The number of benzene rings is 2. The van der Waals surface area contributed by atoms with Crippen LogP contribution >= 0.6 is 23.2 Å². The zero-order valence-electron chi connectivity index (χ0n) is 10.2. The van der Waals surface area contributed by atoms with Crippen LogP contribution in [0, 0.1) is 11.3 Å². The van der Waals surface area contributed by atoms with Gasteiger partial charge in [0, 0.05) is 6.07 Å². The number of nitriles is 1. The van der Waals surface area contributed by atoms with Gasteiger partial charge < -0.3 is 4.74 Å². The molecule has 21 heavy (non-hydrogen) atoms. The Morgan fingerprint density at radius 3 is 2.29 bits per heavy atom. The van der Waals surface area contributed by atoms with Crippen molar-refractivity contribution >= 4 is 23.2 Å². The van der Waals surface area contributed by atoms with Crippen molar-refractivity contribution in [2.45, 2.75) is 6.18 Å². The molecule has 7 heteroatoms. The monoisotopic (exact) mass is 331 g/mol. The number of alkyl halides is 3. The molecular formula is C14H6Cl2F3NO. The predicted octanol–water partition coefficient (Wildman–Crippen LogP) is 5.68. The minimum Gasteiger partial charge on any atom is -0.456 e. The number of hydrogen-bond acceptors (Lipinski definition) is 2. The summed E-state index contributed by atoms with van der Waals surface area (Å²) < 4.78 is 43.4. The van der Waals surface area contributed by atoms with Crippen molar-refractivity contribution in [3.8, 4) is 17.6 Å². The van der Waals surface area contributed by atoms with Crippen molar-refractivity contribution in [2.75, 3.05) is 0 Å². The van der Waals surface area contributed by atoms with Crippen LogP contribution < -0.4 is 4.74 Å². The van der Waals surface area contributed by atoms with E-state index in [4.69, 9.17) is 33.2 Å². The summed E-state index contributed by atoms with van der Waals surface area (Å²) >= 11 is 11.5. The minimum absolute atomic E-state index is 0.0194. The number of rotatable bonds is 2. The van der Waals surface area contributed by atoms with E-state index in [-0.39, 0.29) is 27.1 Å². The molecule has 108 valence electrons. The van der Waals surface area contributed by atoms with Crippen LogP contribution in [0.3, 0.4) is 0 Å². The molecule has 0 unspecified atom stereocenters.